The van der Waals surface area contributed by atoms with Crippen molar-refractivity contribution < 1.29 is 0 Å². The smallest absolute Gasteiger partial charge is 0.0414 e. The predicted molar refractivity (Wildman–Crippen MR) is 117 cm³/mol. The Kier molecular flexibility index (Phi) is 22.0. The van der Waals surface area contributed by atoms with E-state index in [0.29, 0.717) is 0 Å². The summed E-state index contributed by atoms with van der Waals surface area (Å²) in [5.41, 5.74) is 0. The Bertz CT molecular complexity index is 210. The van der Waals surface area contributed by atoms with Gasteiger partial charge >= 0.3 is 0 Å². The number of hydrogen-bond donors (Lipinski definition) is 0. The molecule has 0 aromatic rings. The molecule has 0 aliphatic heterocycles. The average Bonchev–Trinajstić information content (AvgIpc) is 2.62. The van der Waals surface area contributed by atoms with Gasteiger partial charge in [-0.05, 0) is 5.92 Å². The molecule has 0 fully saturated rings. The molecule has 0 bridgehead atoms. The summed E-state index contributed by atoms with van der Waals surface area (Å²) in [5.74, 6) is 1.02. The molecule has 0 rings (SSSR count). The molecule has 1 atom stereocenters. The molecule has 0 saturated heterocycles. The summed E-state index contributed by atoms with van der Waals surface area (Å²) >= 11 is 0. The van der Waals surface area contributed by atoms with Crippen molar-refractivity contribution in [3.8, 4) is 0 Å². The van der Waals surface area contributed by atoms with Gasteiger partial charge in [-0.25, -0.2) is 0 Å². The molecule has 0 nitrogen and oxygen atoms in total. The van der Waals surface area contributed by atoms with E-state index in [2.05, 4.69) is 20.8 Å². The van der Waals surface area contributed by atoms with E-state index < -0.39 is 0 Å². The molecule has 25 heavy (non-hydrogen) atoms. The minimum absolute atomic E-state index is 1.02. The Morgan fingerprint density at radius 3 is 1.20 bits per heavy atom. The molecule has 0 heteroatoms. The van der Waals surface area contributed by atoms with Crippen LogP contribution in [0.2, 0.25) is 0 Å². The van der Waals surface area contributed by atoms with E-state index in [9.17, 15) is 0 Å². The topological polar surface area (TPSA) is 0 Å². The number of rotatable bonds is 21. The molecule has 0 N–H and O–H groups in total. The van der Waals surface area contributed by atoms with Gasteiger partial charge < -0.3 is 0 Å². The summed E-state index contributed by atoms with van der Waals surface area (Å²) < 4.78 is 0. The van der Waals surface area contributed by atoms with Crippen molar-refractivity contribution in [1.82, 2.24) is 0 Å². The molecule has 0 heterocycles. The monoisotopic (exact) mass is 351 g/mol. The van der Waals surface area contributed by atoms with E-state index in [1.54, 1.807) is 0 Å². The molecule has 151 valence electrons. The standard InChI is InChI=1S/C25H51/c1-4-7-10-11-12-13-14-15-16-17-18-21-24-25(22-19-8-5-2)23-20-9-6-3/h25H,2,4-24H2,1,3H3. The van der Waals surface area contributed by atoms with Crippen LogP contribution in [0.1, 0.15) is 149 Å². The Balaban J connectivity index is 3.43. The van der Waals surface area contributed by atoms with Gasteiger partial charge in [0.2, 0.25) is 0 Å². The lowest BCUT2D eigenvalue weighted by Crippen LogP contribution is -2.01. The highest BCUT2D eigenvalue weighted by Gasteiger charge is 2.08. The zero-order valence-corrected chi connectivity index (χ0v) is 18.1. The van der Waals surface area contributed by atoms with Crippen molar-refractivity contribution in [2.45, 2.75) is 149 Å². The van der Waals surface area contributed by atoms with Crippen molar-refractivity contribution >= 4 is 0 Å². The molecular formula is C25H51. The fourth-order valence-corrected chi connectivity index (χ4v) is 4.00. The van der Waals surface area contributed by atoms with Crippen LogP contribution in [0.25, 0.3) is 0 Å². The van der Waals surface area contributed by atoms with Gasteiger partial charge in [0.1, 0.15) is 0 Å². The summed E-state index contributed by atoms with van der Waals surface area (Å²) in [6.07, 6.45) is 30.2. The fraction of sp³-hybridized carbons (Fsp3) is 0.960. The van der Waals surface area contributed by atoms with E-state index in [1.807, 2.05) is 0 Å². The van der Waals surface area contributed by atoms with Gasteiger partial charge in [-0.1, -0.05) is 156 Å². The lowest BCUT2D eigenvalue weighted by atomic mass is 9.90. The molecule has 1 radical (unpaired) electrons. The molecule has 1 unspecified atom stereocenters. The van der Waals surface area contributed by atoms with Gasteiger partial charge in [-0.2, -0.15) is 0 Å². The van der Waals surface area contributed by atoms with Crippen LogP contribution in [0.3, 0.4) is 0 Å². The van der Waals surface area contributed by atoms with Gasteiger partial charge in [0.25, 0.3) is 0 Å². The average molecular weight is 352 g/mol. The maximum atomic E-state index is 3.99. The number of hydrogen-bond acceptors (Lipinski definition) is 0. The Labute approximate surface area is 161 Å². The maximum Gasteiger partial charge on any atom is -0.0414 e. The molecular weight excluding hydrogens is 300 g/mol. The normalized spacial score (nSPS) is 11.5. The first kappa shape index (κ1) is 25.0. The van der Waals surface area contributed by atoms with Gasteiger partial charge in [-0.15, -0.1) is 0 Å². The van der Waals surface area contributed by atoms with Crippen molar-refractivity contribution in [3.05, 3.63) is 6.92 Å². The largest absolute Gasteiger partial charge is 0.0654 e. The molecule has 0 aromatic heterocycles. The van der Waals surface area contributed by atoms with E-state index in [0.717, 1.165) is 12.3 Å². The van der Waals surface area contributed by atoms with Crippen LogP contribution < -0.4 is 0 Å². The van der Waals surface area contributed by atoms with Crippen LogP contribution in [0.4, 0.5) is 0 Å². The highest BCUT2D eigenvalue weighted by atomic mass is 14.1. The number of unbranched alkanes of at least 4 members (excludes halogenated alkanes) is 15. The minimum atomic E-state index is 1.02. The van der Waals surface area contributed by atoms with Crippen LogP contribution in [-0.4, -0.2) is 0 Å². The SMILES string of the molecule is [CH2]CCCCC(CCCCC)CCCCCCCCCCCCCC. The second-order valence-electron chi connectivity index (χ2n) is 8.39. The van der Waals surface area contributed by atoms with Gasteiger partial charge in [-0.3, -0.25) is 0 Å². The Hall–Kier alpha value is 0. The Morgan fingerprint density at radius 1 is 0.440 bits per heavy atom. The first-order valence-corrected chi connectivity index (χ1v) is 12.1. The molecule has 0 aromatic carbocycles. The van der Waals surface area contributed by atoms with Crippen LogP contribution >= 0.6 is 0 Å². The van der Waals surface area contributed by atoms with E-state index in [4.69, 9.17) is 0 Å². The van der Waals surface area contributed by atoms with Gasteiger partial charge in [0.05, 0.1) is 0 Å². The quantitative estimate of drug-likeness (QED) is 0.180. The zero-order chi connectivity index (χ0) is 18.4. The zero-order valence-electron chi connectivity index (χ0n) is 18.1. The highest BCUT2D eigenvalue weighted by Crippen LogP contribution is 2.24. The third-order valence-corrected chi connectivity index (χ3v) is 5.79. The highest BCUT2D eigenvalue weighted by molar-refractivity contribution is 4.62. The lowest BCUT2D eigenvalue weighted by molar-refractivity contribution is 0.371. The second-order valence-corrected chi connectivity index (χ2v) is 8.39. The summed E-state index contributed by atoms with van der Waals surface area (Å²) in [4.78, 5) is 0. The first-order chi connectivity index (χ1) is 12.3. The summed E-state index contributed by atoms with van der Waals surface area (Å²) in [6, 6.07) is 0. The van der Waals surface area contributed by atoms with Crippen LogP contribution in [-0.2, 0) is 0 Å². The molecule has 0 aliphatic rings. The Morgan fingerprint density at radius 2 is 0.760 bits per heavy atom. The van der Waals surface area contributed by atoms with Crippen LogP contribution in [0, 0.1) is 12.8 Å². The fourth-order valence-electron chi connectivity index (χ4n) is 4.00. The van der Waals surface area contributed by atoms with E-state index in [1.165, 1.54) is 128 Å². The molecule has 0 aliphatic carbocycles. The molecule has 0 spiro atoms. The first-order valence-electron chi connectivity index (χ1n) is 12.1. The minimum Gasteiger partial charge on any atom is -0.0654 e. The molecule has 0 saturated carbocycles. The van der Waals surface area contributed by atoms with Gasteiger partial charge in [0.15, 0.2) is 0 Å². The molecule has 0 amide bonds. The lowest BCUT2D eigenvalue weighted by Gasteiger charge is -2.16. The third-order valence-electron chi connectivity index (χ3n) is 5.79. The summed E-state index contributed by atoms with van der Waals surface area (Å²) in [5, 5.41) is 0. The van der Waals surface area contributed by atoms with Crippen LogP contribution in [0.15, 0.2) is 0 Å². The summed E-state index contributed by atoms with van der Waals surface area (Å²) in [6.45, 7) is 8.62. The maximum absolute atomic E-state index is 3.99. The third kappa shape index (κ3) is 20.2. The van der Waals surface area contributed by atoms with Crippen molar-refractivity contribution in [3.63, 3.8) is 0 Å². The van der Waals surface area contributed by atoms with Crippen molar-refractivity contribution in [1.29, 1.82) is 0 Å². The second kappa shape index (κ2) is 22.0. The predicted octanol–water partition coefficient (Wildman–Crippen LogP) is 9.67. The van der Waals surface area contributed by atoms with E-state index >= 15 is 0 Å². The van der Waals surface area contributed by atoms with Gasteiger partial charge in [0, 0.05) is 0 Å². The van der Waals surface area contributed by atoms with Crippen LogP contribution in [0.5, 0.6) is 0 Å². The van der Waals surface area contributed by atoms with E-state index in [-0.39, 0.29) is 0 Å². The summed E-state index contributed by atoms with van der Waals surface area (Å²) in [7, 11) is 0. The van der Waals surface area contributed by atoms with Crippen molar-refractivity contribution in [2.75, 3.05) is 0 Å². The van der Waals surface area contributed by atoms with Crippen molar-refractivity contribution in [2.24, 2.45) is 5.92 Å².